The van der Waals surface area contributed by atoms with Crippen molar-refractivity contribution in [1.29, 1.82) is 0 Å². The smallest absolute Gasteiger partial charge is 0.321 e. The third-order valence-electron chi connectivity index (χ3n) is 3.51. The second kappa shape index (κ2) is 7.92. The van der Waals surface area contributed by atoms with Crippen molar-refractivity contribution in [3.63, 3.8) is 0 Å². The number of carboxylic acids is 1. The third kappa shape index (κ3) is 5.35. The SMILES string of the molecule is COCCCC(NS(=O)(=O)N1CCC(C)CC1)C(=O)O. The number of carbonyl (C=O) groups is 1. The van der Waals surface area contributed by atoms with Crippen LogP contribution in [0.3, 0.4) is 0 Å². The van der Waals surface area contributed by atoms with E-state index in [1.54, 1.807) is 0 Å². The summed E-state index contributed by atoms with van der Waals surface area (Å²) in [7, 11) is -2.20. The number of methoxy groups -OCH3 is 1. The number of carboxylic acid groups (broad SMARTS) is 1. The van der Waals surface area contributed by atoms with Gasteiger partial charge in [-0.05, 0) is 31.6 Å². The molecule has 1 aliphatic rings. The normalized spacial score (nSPS) is 19.9. The molecule has 0 radical (unpaired) electrons. The Morgan fingerprint density at radius 1 is 1.45 bits per heavy atom. The van der Waals surface area contributed by atoms with Crippen LogP contribution in [0.1, 0.15) is 32.6 Å². The third-order valence-corrected chi connectivity index (χ3v) is 5.14. The van der Waals surface area contributed by atoms with Crippen LogP contribution in [-0.4, -0.2) is 56.6 Å². The molecule has 1 unspecified atom stereocenters. The Morgan fingerprint density at radius 3 is 2.55 bits per heavy atom. The summed E-state index contributed by atoms with van der Waals surface area (Å²) in [6.07, 6.45) is 2.32. The number of hydrogen-bond donors (Lipinski definition) is 2. The van der Waals surface area contributed by atoms with Gasteiger partial charge in [0.05, 0.1) is 0 Å². The molecule has 2 N–H and O–H groups in total. The van der Waals surface area contributed by atoms with E-state index in [1.807, 2.05) is 0 Å². The lowest BCUT2D eigenvalue weighted by Crippen LogP contribution is -2.50. The molecule has 0 aliphatic carbocycles. The van der Waals surface area contributed by atoms with Crippen LogP contribution in [0.2, 0.25) is 0 Å². The zero-order valence-corrected chi connectivity index (χ0v) is 12.9. The van der Waals surface area contributed by atoms with E-state index >= 15 is 0 Å². The molecular weight excluding hydrogens is 284 g/mol. The van der Waals surface area contributed by atoms with Gasteiger partial charge in [0.1, 0.15) is 6.04 Å². The molecule has 0 amide bonds. The van der Waals surface area contributed by atoms with E-state index in [0.717, 1.165) is 12.8 Å². The van der Waals surface area contributed by atoms with Crippen LogP contribution < -0.4 is 4.72 Å². The van der Waals surface area contributed by atoms with E-state index in [4.69, 9.17) is 9.84 Å². The first-order chi connectivity index (χ1) is 9.36. The van der Waals surface area contributed by atoms with Crippen molar-refractivity contribution < 1.29 is 23.1 Å². The van der Waals surface area contributed by atoms with Gasteiger partial charge >= 0.3 is 5.97 Å². The van der Waals surface area contributed by atoms with Crippen LogP contribution in [0.25, 0.3) is 0 Å². The molecule has 0 saturated carbocycles. The van der Waals surface area contributed by atoms with E-state index in [1.165, 1.54) is 11.4 Å². The van der Waals surface area contributed by atoms with Gasteiger partial charge in [0.2, 0.25) is 0 Å². The Labute approximate surface area is 120 Å². The first-order valence-electron chi connectivity index (χ1n) is 6.86. The van der Waals surface area contributed by atoms with Crippen LogP contribution >= 0.6 is 0 Å². The number of rotatable bonds is 8. The largest absolute Gasteiger partial charge is 0.480 e. The first kappa shape index (κ1) is 17.4. The average Bonchev–Trinajstić information content (AvgIpc) is 2.38. The second-order valence-corrected chi connectivity index (χ2v) is 6.93. The van der Waals surface area contributed by atoms with E-state index < -0.39 is 22.2 Å². The van der Waals surface area contributed by atoms with E-state index in [9.17, 15) is 13.2 Å². The summed E-state index contributed by atoms with van der Waals surface area (Å²) in [5.41, 5.74) is 0. The number of ether oxygens (including phenoxy) is 1. The minimum Gasteiger partial charge on any atom is -0.480 e. The predicted molar refractivity (Wildman–Crippen MR) is 74.6 cm³/mol. The summed E-state index contributed by atoms with van der Waals surface area (Å²) in [6, 6.07) is -1.10. The molecule has 1 heterocycles. The van der Waals surface area contributed by atoms with Crippen LogP contribution in [0.5, 0.6) is 0 Å². The molecule has 1 aliphatic heterocycles. The highest BCUT2D eigenvalue weighted by Crippen LogP contribution is 2.18. The summed E-state index contributed by atoms with van der Waals surface area (Å²) >= 11 is 0. The lowest BCUT2D eigenvalue weighted by Gasteiger charge is -2.30. The zero-order chi connectivity index (χ0) is 15.2. The van der Waals surface area contributed by atoms with Gasteiger partial charge in [-0.3, -0.25) is 4.79 Å². The van der Waals surface area contributed by atoms with Crippen molar-refractivity contribution in [3.05, 3.63) is 0 Å². The maximum atomic E-state index is 12.2. The number of hydrogen-bond acceptors (Lipinski definition) is 4. The maximum Gasteiger partial charge on any atom is 0.321 e. The van der Waals surface area contributed by atoms with Gasteiger partial charge in [0.15, 0.2) is 0 Å². The zero-order valence-electron chi connectivity index (χ0n) is 12.0. The highest BCUT2D eigenvalue weighted by molar-refractivity contribution is 7.87. The Hall–Kier alpha value is -0.700. The average molecular weight is 308 g/mol. The number of nitrogens with one attached hydrogen (secondary N) is 1. The molecule has 1 atom stereocenters. The number of aliphatic carboxylic acids is 1. The standard InChI is InChI=1S/C12H24N2O5S/c1-10-5-7-14(8-6-10)20(17,18)13-11(12(15)16)4-3-9-19-2/h10-11,13H,3-9H2,1-2H3,(H,15,16). The predicted octanol–water partition coefficient (Wildman–Crippen LogP) is 0.433. The van der Waals surface area contributed by atoms with E-state index in [0.29, 0.717) is 32.0 Å². The van der Waals surface area contributed by atoms with Crippen molar-refractivity contribution in [1.82, 2.24) is 9.03 Å². The number of piperidine rings is 1. The van der Waals surface area contributed by atoms with Crippen LogP contribution in [-0.2, 0) is 19.7 Å². The second-order valence-electron chi connectivity index (χ2n) is 5.23. The molecule has 20 heavy (non-hydrogen) atoms. The van der Waals surface area contributed by atoms with Gasteiger partial charge in [-0.2, -0.15) is 17.4 Å². The summed E-state index contributed by atoms with van der Waals surface area (Å²) in [4.78, 5) is 11.1. The highest BCUT2D eigenvalue weighted by atomic mass is 32.2. The Balaban J connectivity index is 2.59. The molecule has 1 saturated heterocycles. The summed E-state index contributed by atoms with van der Waals surface area (Å²) in [6.45, 7) is 3.39. The van der Waals surface area contributed by atoms with Crippen molar-refractivity contribution in [2.24, 2.45) is 5.92 Å². The Kier molecular flexibility index (Phi) is 6.87. The minimum atomic E-state index is -3.73. The molecule has 0 aromatic rings. The van der Waals surface area contributed by atoms with Crippen molar-refractivity contribution in [3.8, 4) is 0 Å². The van der Waals surface area contributed by atoms with Crippen molar-refractivity contribution in [2.75, 3.05) is 26.8 Å². The molecule has 118 valence electrons. The fourth-order valence-corrected chi connectivity index (χ4v) is 3.56. The molecule has 1 rings (SSSR count). The van der Waals surface area contributed by atoms with E-state index in [-0.39, 0.29) is 6.42 Å². The van der Waals surface area contributed by atoms with Gasteiger partial charge in [-0.25, -0.2) is 0 Å². The van der Waals surface area contributed by atoms with Gasteiger partial charge in [-0.1, -0.05) is 6.92 Å². The summed E-state index contributed by atoms with van der Waals surface area (Å²) < 4.78 is 32.8. The fourth-order valence-electron chi connectivity index (χ4n) is 2.14. The molecule has 8 heteroatoms. The van der Waals surface area contributed by atoms with Gasteiger partial charge in [0, 0.05) is 26.8 Å². The van der Waals surface area contributed by atoms with Gasteiger partial charge in [0.25, 0.3) is 10.2 Å². The van der Waals surface area contributed by atoms with Gasteiger partial charge in [-0.15, -0.1) is 0 Å². The highest BCUT2D eigenvalue weighted by Gasteiger charge is 2.30. The number of nitrogens with zero attached hydrogens (tertiary/aromatic N) is 1. The molecule has 0 aromatic heterocycles. The quantitative estimate of drug-likeness (QED) is 0.634. The molecule has 0 bridgehead atoms. The monoisotopic (exact) mass is 308 g/mol. The lowest BCUT2D eigenvalue weighted by atomic mass is 10.0. The first-order valence-corrected chi connectivity index (χ1v) is 8.30. The topological polar surface area (TPSA) is 95.9 Å². The van der Waals surface area contributed by atoms with Crippen molar-refractivity contribution >= 4 is 16.2 Å². The molecule has 0 spiro atoms. The molecular formula is C12H24N2O5S. The Bertz CT molecular complexity index is 404. The maximum absolute atomic E-state index is 12.2. The lowest BCUT2D eigenvalue weighted by molar-refractivity contribution is -0.139. The van der Waals surface area contributed by atoms with Crippen molar-refractivity contribution in [2.45, 2.75) is 38.6 Å². The summed E-state index contributed by atoms with van der Waals surface area (Å²) in [5, 5.41) is 9.09. The fraction of sp³-hybridized carbons (Fsp3) is 0.917. The van der Waals surface area contributed by atoms with E-state index in [2.05, 4.69) is 11.6 Å². The van der Waals surface area contributed by atoms with Gasteiger partial charge < -0.3 is 9.84 Å². The van der Waals surface area contributed by atoms with Crippen LogP contribution in [0.15, 0.2) is 0 Å². The van der Waals surface area contributed by atoms with Crippen LogP contribution in [0.4, 0.5) is 0 Å². The van der Waals surface area contributed by atoms with Crippen LogP contribution in [0, 0.1) is 5.92 Å². The molecule has 7 nitrogen and oxygen atoms in total. The Morgan fingerprint density at radius 2 is 2.05 bits per heavy atom. The molecule has 0 aromatic carbocycles. The minimum absolute atomic E-state index is 0.215. The molecule has 1 fully saturated rings. The summed E-state index contributed by atoms with van der Waals surface area (Å²) in [5.74, 6) is -0.645.